The van der Waals surface area contributed by atoms with Crippen LogP contribution in [-0.2, 0) is 0 Å². The van der Waals surface area contributed by atoms with Crippen LogP contribution >= 0.6 is 22.6 Å². The third kappa shape index (κ3) is 3.34. The number of hydrogen-bond donors (Lipinski definition) is 3. The van der Waals surface area contributed by atoms with E-state index in [9.17, 15) is 4.79 Å². The molecule has 7 nitrogen and oxygen atoms in total. The maximum absolute atomic E-state index is 11.5. The summed E-state index contributed by atoms with van der Waals surface area (Å²) in [5.41, 5.74) is 5.38. The summed E-state index contributed by atoms with van der Waals surface area (Å²) >= 11 is 1.96. The molecule has 100 valence electrons. The number of anilines is 1. The van der Waals surface area contributed by atoms with Crippen molar-refractivity contribution in [2.75, 3.05) is 18.0 Å². The van der Waals surface area contributed by atoms with Crippen LogP contribution in [0.25, 0.3) is 0 Å². The normalized spacial score (nSPS) is 13.4. The van der Waals surface area contributed by atoms with E-state index in [0.717, 1.165) is 0 Å². The Hall–Kier alpha value is -1.32. The molecule has 0 aliphatic carbocycles. The summed E-state index contributed by atoms with van der Waals surface area (Å²) in [6.45, 7) is 5.00. The average Bonchev–Trinajstić information content (AvgIpc) is 2.38. The molecule has 1 heterocycles. The van der Waals surface area contributed by atoms with E-state index in [1.54, 1.807) is 0 Å². The highest BCUT2D eigenvalue weighted by atomic mass is 127. The van der Waals surface area contributed by atoms with Crippen molar-refractivity contribution in [3.63, 3.8) is 0 Å². The van der Waals surface area contributed by atoms with Gasteiger partial charge in [0.25, 0.3) is 5.56 Å². The van der Waals surface area contributed by atoms with Gasteiger partial charge in [-0.25, -0.2) is 4.98 Å². The van der Waals surface area contributed by atoms with Crippen LogP contribution < -0.4 is 16.2 Å². The molecular weight excluding hydrogens is 349 g/mol. The third-order valence-electron chi connectivity index (χ3n) is 2.57. The maximum Gasteiger partial charge on any atom is 0.266 e. The highest BCUT2D eigenvalue weighted by Crippen LogP contribution is 2.16. The summed E-state index contributed by atoms with van der Waals surface area (Å²) in [6.07, 6.45) is 1.37. The number of nitrogens with one attached hydrogen (secondary N) is 1. The van der Waals surface area contributed by atoms with Gasteiger partial charge in [0, 0.05) is 19.0 Å². The van der Waals surface area contributed by atoms with Crippen LogP contribution in [-0.4, -0.2) is 34.1 Å². The van der Waals surface area contributed by atoms with Crippen molar-refractivity contribution >= 4 is 34.2 Å². The van der Waals surface area contributed by atoms with Crippen molar-refractivity contribution in [1.82, 2.24) is 9.97 Å². The summed E-state index contributed by atoms with van der Waals surface area (Å²) in [5.74, 6) is 0.638. The van der Waals surface area contributed by atoms with E-state index in [4.69, 9.17) is 10.9 Å². The third-order valence-corrected chi connectivity index (χ3v) is 3.55. The maximum atomic E-state index is 11.5. The number of H-pyrrole nitrogens is 1. The zero-order valence-electron chi connectivity index (χ0n) is 10.2. The molecule has 8 heteroatoms. The minimum atomic E-state index is -0.171. The summed E-state index contributed by atoms with van der Waals surface area (Å²) < 4.78 is 0.531. The van der Waals surface area contributed by atoms with Crippen molar-refractivity contribution in [2.24, 2.45) is 16.8 Å². The van der Waals surface area contributed by atoms with E-state index < -0.39 is 0 Å². The molecule has 4 N–H and O–H groups in total. The fourth-order valence-corrected chi connectivity index (χ4v) is 2.12. The largest absolute Gasteiger partial charge is 0.409 e. The minimum Gasteiger partial charge on any atom is -0.409 e. The predicted octanol–water partition coefficient (Wildman–Crippen LogP) is 0.583. The number of nitrogens with two attached hydrogens (primary N) is 1. The van der Waals surface area contributed by atoms with E-state index in [1.165, 1.54) is 6.33 Å². The van der Waals surface area contributed by atoms with Crippen molar-refractivity contribution in [3.05, 3.63) is 20.3 Å². The number of oxime groups is 1. The van der Waals surface area contributed by atoms with Crippen molar-refractivity contribution in [2.45, 2.75) is 13.8 Å². The summed E-state index contributed by atoms with van der Waals surface area (Å²) in [4.78, 5) is 20.1. The van der Waals surface area contributed by atoms with Gasteiger partial charge in [-0.2, -0.15) is 0 Å². The molecule has 0 radical (unpaired) electrons. The second-order valence-corrected chi connectivity index (χ2v) is 4.91. The Balaban J connectivity index is 2.97. The first-order valence-electron chi connectivity index (χ1n) is 5.46. The van der Waals surface area contributed by atoms with Gasteiger partial charge < -0.3 is 20.8 Å². The van der Waals surface area contributed by atoms with Crippen molar-refractivity contribution in [3.8, 4) is 0 Å². The molecule has 1 aromatic rings. The Labute approximate surface area is 118 Å². The standard InChI is InChI=1S/C10H16IN5O2/c1-3-16(4-6(2)8(12)15-18)9-7(11)10(17)14-5-13-9/h5-6,18H,3-4H2,1-2H3,(H2,12,15)(H,13,14,17). The molecule has 0 aliphatic rings. The molecule has 18 heavy (non-hydrogen) atoms. The van der Waals surface area contributed by atoms with Crippen molar-refractivity contribution < 1.29 is 5.21 Å². The van der Waals surface area contributed by atoms with Crippen LogP contribution in [0.3, 0.4) is 0 Å². The Kier molecular flexibility index (Phi) is 5.38. The van der Waals surface area contributed by atoms with Crippen molar-refractivity contribution in [1.29, 1.82) is 0 Å². The molecule has 0 aliphatic heterocycles. The van der Waals surface area contributed by atoms with Crippen LogP contribution in [0.1, 0.15) is 13.8 Å². The quantitative estimate of drug-likeness (QED) is 0.233. The van der Waals surface area contributed by atoms with Crippen LogP contribution in [0.5, 0.6) is 0 Å². The van der Waals surface area contributed by atoms with Gasteiger partial charge in [0.2, 0.25) is 0 Å². The lowest BCUT2D eigenvalue weighted by Crippen LogP contribution is -2.36. The lowest BCUT2D eigenvalue weighted by Gasteiger charge is -2.25. The minimum absolute atomic E-state index is 0.133. The van der Waals surface area contributed by atoms with Gasteiger partial charge in [-0.05, 0) is 29.5 Å². The van der Waals surface area contributed by atoms with E-state index >= 15 is 0 Å². The Morgan fingerprint density at radius 2 is 2.44 bits per heavy atom. The molecule has 1 atom stereocenters. The van der Waals surface area contributed by atoms with Crippen LogP contribution in [0.4, 0.5) is 5.82 Å². The summed E-state index contributed by atoms with van der Waals surface area (Å²) in [5, 5.41) is 11.6. The summed E-state index contributed by atoms with van der Waals surface area (Å²) in [6, 6.07) is 0. The van der Waals surface area contributed by atoms with E-state index in [2.05, 4.69) is 15.1 Å². The first-order valence-corrected chi connectivity index (χ1v) is 6.54. The second kappa shape index (κ2) is 6.57. The van der Waals surface area contributed by atoms with E-state index in [0.29, 0.717) is 22.5 Å². The number of amidine groups is 1. The predicted molar refractivity (Wildman–Crippen MR) is 78.0 cm³/mol. The zero-order chi connectivity index (χ0) is 13.7. The van der Waals surface area contributed by atoms with Crippen LogP contribution in [0, 0.1) is 9.49 Å². The molecule has 1 aromatic heterocycles. The molecule has 0 saturated heterocycles. The number of aromatic amines is 1. The van der Waals surface area contributed by atoms with Gasteiger partial charge in [0.15, 0.2) is 0 Å². The van der Waals surface area contributed by atoms with Crippen LogP contribution in [0.15, 0.2) is 16.3 Å². The van der Waals surface area contributed by atoms with Crippen LogP contribution in [0.2, 0.25) is 0 Å². The first-order chi connectivity index (χ1) is 8.51. The van der Waals surface area contributed by atoms with Gasteiger partial charge in [0.05, 0.1) is 6.33 Å². The molecule has 0 spiro atoms. The monoisotopic (exact) mass is 365 g/mol. The van der Waals surface area contributed by atoms with Gasteiger partial charge in [0.1, 0.15) is 15.2 Å². The second-order valence-electron chi connectivity index (χ2n) is 3.83. The SMILES string of the molecule is CCN(CC(C)C(N)=NO)c1nc[nH]c(=O)c1I. The molecule has 0 saturated carbocycles. The molecule has 1 rings (SSSR count). The highest BCUT2D eigenvalue weighted by molar-refractivity contribution is 14.1. The number of nitrogens with zero attached hydrogens (tertiary/aromatic N) is 3. The average molecular weight is 365 g/mol. The lowest BCUT2D eigenvalue weighted by molar-refractivity contribution is 0.314. The first kappa shape index (κ1) is 14.7. The smallest absolute Gasteiger partial charge is 0.266 e. The number of rotatable bonds is 5. The Bertz CT molecular complexity index is 487. The molecule has 0 bridgehead atoms. The van der Waals surface area contributed by atoms with Gasteiger partial charge in [-0.15, -0.1) is 0 Å². The van der Waals surface area contributed by atoms with Gasteiger partial charge >= 0.3 is 0 Å². The van der Waals surface area contributed by atoms with Gasteiger partial charge in [-0.3, -0.25) is 4.79 Å². The topological polar surface area (TPSA) is 108 Å². The Morgan fingerprint density at radius 1 is 1.78 bits per heavy atom. The molecular formula is C10H16IN5O2. The molecule has 0 fully saturated rings. The fraction of sp³-hybridized carbons (Fsp3) is 0.500. The zero-order valence-corrected chi connectivity index (χ0v) is 12.4. The number of aromatic nitrogens is 2. The molecule has 0 aromatic carbocycles. The summed E-state index contributed by atoms with van der Waals surface area (Å²) in [7, 11) is 0. The lowest BCUT2D eigenvalue weighted by atomic mass is 10.1. The number of halogens is 1. The van der Waals surface area contributed by atoms with E-state index in [1.807, 2.05) is 41.3 Å². The highest BCUT2D eigenvalue weighted by Gasteiger charge is 2.17. The molecule has 0 amide bonds. The fourth-order valence-electron chi connectivity index (χ4n) is 1.48. The molecule has 1 unspecified atom stereocenters. The number of hydrogen-bond acceptors (Lipinski definition) is 5. The van der Waals surface area contributed by atoms with Gasteiger partial charge in [-0.1, -0.05) is 12.1 Å². The van der Waals surface area contributed by atoms with E-state index in [-0.39, 0.29) is 17.3 Å². The Morgan fingerprint density at radius 3 is 3.00 bits per heavy atom.